The SMILES string of the molecule is CN(C(=O)c1cc2cnc(Cl)cc2[nH]1)[C@@H]1COCc2[nH]c(=O)c3cc(F)c(F)cc3c21. The molecule has 0 saturated heterocycles. The molecule has 10 heteroatoms. The van der Waals surface area contributed by atoms with Crippen LogP contribution < -0.4 is 5.56 Å². The summed E-state index contributed by atoms with van der Waals surface area (Å²) in [5, 5.41) is 1.27. The molecule has 0 spiro atoms. The molecule has 7 nitrogen and oxygen atoms in total. The lowest BCUT2D eigenvalue weighted by molar-refractivity contribution is 0.0333. The quantitative estimate of drug-likeness (QED) is 0.461. The second kappa shape index (κ2) is 7.14. The van der Waals surface area contributed by atoms with E-state index in [1.165, 1.54) is 4.90 Å². The first-order valence-electron chi connectivity index (χ1n) is 9.36. The third kappa shape index (κ3) is 3.17. The van der Waals surface area contributed by atoms with E-state index in [1.807, 2.05) is 0 Å². The number of likely N-dealkylation sites (N-methyl/N-ethyl adjacent to an activating group) is 1. The summed E-state index contributed by atoms with van der Waals surface area (Å²) in [7, 11) is 1.58. The lowest BCUT2D eigenvalue weighted by Gasteiger charge is -2.33. The van der Waals surface area contributed by atoms with Gasteiger partial charge in [0.05, 0.1) is 30.2 Å². The van der Waals surface area contributed by atoms with E-state index in [0.717, 1.165) is 12.1 Å². The number of H-pyrrole nitrogens is 2. The normalized spacial score (nSPS) is 15.9. The molecule has 0 saturated carbocycles. The molecule has 0 bridgehead atoms. The van der Waals surface area contributed by atoms with Crippen molar-refractivity contribution in [2.24, 2.45) is 0 Å². The van der Waals surface area contributed by atoms with Crippen LogP contribution in [0.25, 0.3) is 21.7 Å². The molecule has 1 atom stereocenters. The van der Waals surface area contributed by atoms with E-state index < -0.39 is 23.2 Å². The van der Waals surface area contributed by atoms with Gasteiger partial charge in [-0.25, -0.2) is 13.8 Å². The van der Waals surface area contributed by atoms with Crippen LogP contribution in [0.2, 0.25) is 5.15 Å². The number of ether oxygens (including phenoxy) is 1. The summed E-state index contributed by atoms with van der Waals surface area (Å²) in [6.07, 6.45) is 1.56. The monoisotopic (exact) mass is 444 g/mol. The third-order valence-electron chi connectivity index (χ3n) is 5.53. The minimum atomic E-state index is -1.11. The number of hydrogen-bond donors (Lipinski definition) is 2. The maximum Gasteiger partial charge on any atom is 0.270 e. The van der Waals surface area contributed by atoms with Gasteiger partial charge in [-0.15, -0.1) is 0 Å². The van der Waals surface area contributed by atoms with Crippen LogP contribution in [0.4, 0.5) is 8.78 Å². The lowest BCUT2D eigenvalue weighted by atomic mass is 9.95. The molecular formula is C21H15ClF2N4O3. The van der Waals surface area contributed by atoms with E-state index in [2.05, 4.69) is 15.0 Å². The summed E-state index contributed by atoms with van der Waals surface area (Å²) in [6.45, 7) is 0.220. The Morgan fingerprint density at radius 3 is 2.71 bits per heavy atom. The Bertz CT molecular complexity index is 1430. The number of halogens is 3. The number of carbonyl (C=O) groups is 1. The fourth-order valence-corrected chi connectivity index (χ4v) is 4.15. The molecule has 158 valence electrons. The van der Waals surface area contributed by atoms with Crippen LogP contribution in [0.3, 0.4) is 0 Å². The molecule has 1 aliphatic rings. The Morgan fingerprint density at radius 1 is 1.19 bits per heavy atom. The fourth-order valence-electron chi connectivity index (χ4n) is 3.99. The average molecular weight is 445 g/mol. The number of benzene rings is 1. The molecule has 0 unspecified atom stereocenters. The predicted octanol–water partition coefficient (Wildman–Crippen LogP) is 3.68. The number of nitrogens with one attached hydrogen (secondary N) is 2. The number of hydrogen-bond acceptors (Lipinski definition) is 4. The third-order valence-corrected chi connectivity index (χ3v) is 5.74. The number of carbonyl (C=O) groups excluding carboxylic acids is 1. The van der Waals surface area contributed by atoms with Crippen LogP contribution in [0.15, 0.2) is 35.3 Å². The average Bonchev–Trinajstić information content (AvgIpc) is 3.17. The topological polar surface area (TPSA) is 91.1 Å². The van der Waals surface area contributed by atoms with Gasteiger partial charge in [-0.1, -0.05) is 11.6 Å². The number of fused-ring (bicyclic) bond motifs is 4. The lowest BCUT2D eigenvalue weighted by Crippen LogP contribution is -2.37. The van der Waals surface area contributed by atoms with E-state index in [9.17, 15) is 18.4 Å². The van der Waals surface area contributed by atoms with Gasteiger partial charge in [-0.3, -0.25) is 9.59 Å². The van der Waals surface area contributed by atoms with Gasteiger partial charge in [-0.2, -0.15) is 0 Å². The first kappa shape index (κ1) is 19.7. The molecule has 4 heterocycles. The predicted molar refractivity (Wildman–Crippen MR) is 110 cm³/mol. The molecule has 5 rings (SSSR count). The van der Waals surface area contributed by atoms with Gasteiger partial charge < -0.3 is 19.6 Å². The highest BCUT2D eigenvalue weighted by Gasteiger charge is 2.32. The molecule has 0 fully saturated rings. The second-order valence-corrected chi connectivity index (χ2v) is 7.77. The highest BCUT2D eigenvalue weighted by molar-refractivity contribution is 6.30. The minimum Gasteiger partial charge on any atom is -0.373 e. The van der Waals surface area contributed by atoms with Crippen LogP contribution in [0.1, 0.15) is 27.8 Å². The molecule has 1 amide bonds. The molecule has 31 heavy (non-hydrogen) atoms. The Labute approximate surface area is 178 Å². The Balaban J connectivity index is 1.61. The molecule has 2 N–H and O–H groups in total. The van der Waals surface area contributed by atoms with Crippen molar-refractivity contribution in [2.75, 3.05) is 13.7 Å². The Hall–Kier alpha value is -3.30. The van der Waals surface area contributed by atoms with Gasteiger partial charge in [0.2, 0.25) is 0 Å². The first-order chi connectivity index (χ1) is 14.8. The maximum atomic E-state index is 14.0. The van der Waals surface area contributed by atoms with Gasteiger partial charge in [0, 0.05) is 29.9 Å². The van der Waals surface area contributed by atoms with Crippen LogP contribution in [-0.4, -0.2) is 39.4 Å². The van der Waals surface area contributed by atoms with Crippen molar-refractivity contribution >= 4 is 39.2 Å². The second-order valence-electron chi connectivity index (χ2n) is 7.38. The summed E-state index contributed by atoms with van der Waals surface area (Å²) in [5.74, 6) is -2.54. The van der Waals surface area contributed by atoms with Crippen molar-refractivity contribution in [3.05, 3.63) is 74.6 Å². The summed E-state index contributed by atoms with van der Waals surface area (Å²) >= 11 is 5.91. The van der Waals surface area contributed by atoms with Crippen molar-refractivity contribution in [1.82, 2.24) is 19.9 Å². The van der Waals surface area contributed by atoms with E-state index >= 15 is 0 Å². The van der Waals surface area contributed by atoms with Crippen molar-refractivity contribution in [2.45, 2.75) is 12.6 Å². The highest BCUT2D eigenvalue weighted by atomic mass is 35.5. The molecule has 0 aliphatic carbocycles. The zero-order chi connectivity index (χ0) is 21.9. The number of amides is 1. The summed E-state index contributed by atoms with van der Waals surface area (Å²) in [6, 6.07) is 4.50. The molecule has 1 aliphatic heterocycles. The number of aromatic amines is 2. The zero-order valence-corrected chi connectivity index (χ0v) is 16.9. The molecule has 4 aromatic rings. The fraction of sp³-hybridized carbons (Fsp3) is 0.190. The minimum absolute atomic E-state index is 0.0109. The van der Waals surface area contributed by atoms with Crippen molar-refractivity contribution < 1.29 is 18.3 Å². The van der Waals surface area contributed by atoms with Gasteiger partial charge in [0.15, 0.2) is 11.6 Å². The Morgan fingerprint density at radius 2 is 1.94 bits per heavy atom. The van der Waals surface area contributed by atoms with Gasteiger partial charge in [-0.05, 0) is 29.7 Å². The number of aromatic nitrogens is 3. The Kier molecular flexibility index (Phi) is 4.53. The van der Waals surface area contributed by atoms with Crippen LogP contribution in [-0.2, 0) is 11.3 Å². The summed E-state index contributed by atoms with van der Waals surface area (Å²) in [4.78, 5) is 36.7. The number of nitrogens with zero attached hydrogens (tertiary/aromatic N) is 2. The smallest absolute Gasteiger partial charge is 0.270 e. The van der Waals surface area contributed by atoms with E-state index in [-0.39, 0.29) is 29.9 Å². The van der Waals surface area contributed by atoms with Gasteiger partial charge in [0.1, 0.15) is 10.8 Å². The van der Waals surface area contributed by atoms with Crippen LogP contribution >= 0.6 is 11.6 Å². The molecule has 3 aromatic heterocycles. The number of pyridine rings is 2. The molecular weight excluding hydrogens is 430 g/mol. The van der Waals surface area contributed by atoms with Crippen molar-refractivity contribution in [3.63, 3.8) is 0 Å². The largest absolute Gasteiger partial charge is 0.373 e. The summed E-state index contributed by atoms with van der Waals surface area (Å²) < 4.78 is 33.4. The number of rotatable bonds is 2. The van der Waals surface area contributed by atoms with Crippen molar-refractivity contribution in [1.29, 1.82) is 0 Å². The van der Waals surface area contributed by atoms with Gasteiger partial charge >= 0.3 is 0 Å². The van der Waals surface area contributed by atoms with Gasteiger partial charge in [0.25, 0.3) is 11.5 Å². The van der Waals surface area contributed by atoms with E-state index in [0.29, 0.717) is 33.0 Å². The first-order valence-corrected chi connectivity index (χ1v) is 9.74. The maximum absolute atomic E-state index is 14.0. The summed E-state index contributed by atoms with van der Waals surface area (Å²) in [5.41, 5.74) is 1.36. The van der Waals surface area contributed by atoms with Crippen LogP contribution in [0, 0.1) is 11.6 Å². The zero-order valence-electron chi connectivity index (χ0n) is 16.1. The molecule has 1 aromatic carbocycles. The van der Waals surface area contributed by atoms with Crippen LogP contribution in [0.5, 0.6) is 0 Å². The molecule has 0 radical (unpaired) electrons. The highest BCUT2D eigenvalue weighted by Crippen LogP contribution is 2.34. The van der Waals surface area contributed by atoms with Crippen molar-refractivity contribution in [3.8, 4) is 0 Å². The standard InChI is InChI=1S/C21H15ClF2N4O3/c1-28(21(30)15-2-9-6-25-18(22)5-14(9)26-15)17-8-31-7-16-19(17)10-3-12(23)13(24)4-11(10)20(29)27-16/h2-6,17,26H,7-8H2,1H3,(H,27,29)/t17-/m1/s1. The van der Waals surface area contributed by atoms with E-state index in [1.54, 1.807) is 25.4 Å². The van der Waals surface area contributed by atoms with E-state index in [4.69, 9.17) is 16.3 Å².